The first-order valence-corrected chi connectivity index (χ1v) is 5.61. The van der Waals surface area contributed by atoms with Crippen molar-refractivity contribution < 1.29 is 19.1 Å². The van der Waals surface area contributed by atoms with Crippen molar-refractivity contribution >= 4 is 5.97 Å². The zero-order valence-electron chi connectivity index (χ0n) is 10.5. The minimum absolute atomic E-state index is 0.0215. The minimum Gasteiger partial charge on any atom is -0.475 e. The molecule has 0 saturated carbocycles. The molecule has 5 nitrogen and oxygen atoms in total. The molecule has 0 saturated heterocycles. The topological polar surface area (TPSA) is 62.9 Å². The second-order valence-electron chi connectivity index (χ2n) is 4.23. The first-order valence-electron chi connectivity index (χ1n) is 5.61. The fraction of sp³-hybridized carbons (Fsp3) is 0.583. The molecule has 0 amide bonds. The lowest BCUT2D eigenvalue weighted by atomic mass is 10.4. The van der Waals surface area contributed by atoms with Crippen molar-refractivity contribution in [1.82, 2.24) is 4.90 Å². The van der Waals surface area contributed by atoms with Crippen LogP contribution in [-0.4, -0.2) is 42.3 Å². The maximum Gasteiger partial charge on any atom is 0.371 e. The molecule has 1 rings (SSSR count). The second kappa shape index (κ2) is 6.42. The fourth-order valence-electron chi connectivity index (χ4n) is 1.37. The Morgan fingerprint density at radius 2 is 2.24 bits per heavy atom. The van der Waals surface area contributed by atoms with E-state index in [1.54, 1.807) is 6.07 Å². The van der Waals surface area contributed by atoms with Gasteiger partial charge in [-0.05, 0) is 33.0 Å². The lowest BCUT2D eigenvalue weighted by Crippen LogP contribution is -2.23. The third kappa shape index (κ3) is 5.01. The number of carboxylic acids is 1. The summed E-state index contributed by atoms with van der Waals surface area (Å²) in [5.74, 6) is -0.414. The van der Waals surface area contributed by atoms with E-state index >= 15 is 0 Å². The van der Waals surface area contributed by atoms with Crippen LogP contribution in [0.2, 0.25) is 0 Å². The number of carbonyl (C=O) groups is 1. The Labute approximate surface area is 101 Å². The van der Waals surface area contributed by atoms with Gasteiger partial charge in [0.25, 0.3) is 0 Å². The van der Waals surface area contributed by atoms with E-state index < -0.39 is 5.97 Å². The van der Waals surface area contributed by atoms with Gasteiger partial charge in [-0.2, -0.15) is 0 Å². The molecule has 0 aliphatic rings. The van der Waals surface area contributed by atoms with Gasteiger partial charge in [-0.25, -0.2) is 4.79 Å². The molecule has 5 heteroatoms. The Bertz CT molecular complexity index is 359. The summed E-state index contributed by atoms with van der Waals surface area (Å²) in [6, 6.07) is 3.15. The monoisotopic (exact) mass is 241 g/mol. The number of nitrogens with zero attached hydrogens (tertiary/aromatic N) is 1. The van der Waals surface area contributed by atoms with Crippen LogP contribution in [0.15, 0.2) is 16.5 Å². The number of likely N-dealkylation sites (N-methyl/N-ethyl adjacent to an activating group) is 1. The van der Waals surface area contributed by atoms with Crippen molar-refractivity contribution in [2.75, 3.05) is 20.2 Å². The average Bonchev–Trinajstić information content (AvgIpc) is 2.65. The lowest BCUT2D eigenvalue weighted by molar-refractivity contribution is 0.0602. The van der Waals surface area contributed by atoms with Crippen molar-refractivity contribution in [1.29, 1.82) is 0 Å². The van der Waals surface area contributed by atoms with Crippen molar-refractivity contribution in [3.8, 4) is 0 Å². The van der Waals surface area contributed by atoms with Crippen LogP contribution in [0.4, 0.5) is 0 Å². The van der Waals surface area contributed by atoms with E-state index in [0.717, 1.165) is 6.54 Å². The van der Waals surface area contributed by atoms with Crippen LogP contribution in [0.25, 0.3) is 0 Å². The van der Waals surface area contributed by atoms with Gasteiger partial charge in [-0.3, -0.25) is 4.90 Å². The smallest absolute Gasteiger partial charge is 0.371 e. The molecule has 0 bridgehead atoms. The molecule has 1 N–H and O–H groups in total. The maximum absolute atomic E-state index is 10.6. The number of carboxylic acid groups (broad SMARTS) is 1. The summed E-state index contributed by atoms with van der Waals surface area (Å²) >= 11 is 0. The zero-order valence-corrected chi connectivity index (χ0v) is 10.5. The number of aromatic carboxylic acids is 1. The largest absolute Gasteiger partial charge is 0.475 e. The number of ether oxygens (including phenoxy) is 1. The first-order chi connectivity index (χ1) is 7.99. The van der Waals surface area contributed by atoms with Crippen LogP contribution in [-0.2, 0) is 11.3 Å². The Morgan fingerprint density at radius 3 is 2.76 bits per heavy atom. The summed E-state index contributed by atoms with van der Waals surface area (Å²) in [5, 5.41) is 8.71. The normalized spacial score (nSPS) is 11.4. The molecule has 1 aromatic heterocycles. The highest BCUT2D eigenvalue weighted by molar-refractivity contribution is 5.84. The predicted molar refractivity (Wildman–Crippen MR) is 63.1 cm³/mol. The number of hydrogen-bond acceptors (Lipinski definition) is 4. The van der Waals surface area contributed by atoms with Crippen molar-refractivity contribution in [2.24, 2.45) is 0 Å². The molecule has 17 heavy (non-hydrogen) atoms. The van der Waals surface area contributed by atoms with Gasteiger partial charge in [0.1, 0.15) is 5.76 Å². The van der Waals surface area contributed by atoms with Crippen LogP contribution < -0.4 is 0 Å². The molecular formula is C12H19NO4. The molecule has 0 aliphatic heterocycles. The fourth-order valence-corrected chi connectivity index (χ4v) is 1.37. The third-order valence-corrected chi connectivity index (χ3v) is 2.22. The van der Waals surface area contributed by atoms with Gasteiger partial charge < -0.3 is 14.3 Å². The van der Waals surface area contributed by atoms with Crippen molar-refractivity contribution in [3.63, 3.8) is 0 Å². The first kappa shape index (κ1) is 13.7. The quantitative estimate of drug-likeness (QED) is 0.789. The second-order valence-corrected chi connectivity index (χ2v) is 4.23. The summed E-state index contributed by atoms with van der Waals surface area (Å²) in [6.45, 7) is 5.99. The van der Waals surface area contributed by atoms with E-state index in [2.05, 4.69) is 0 Å². The molecule has 0 radical (unpaired) electrons. The van der Waals surface area contributed by atoms with Gasteiger partial charge in [0.15, 0.2) is 0 Å². The lowest BCUT2D eigenvalue weighted by Gasteiger charge is -2.16. The molecule has 1 heterocycles. The molecule has 0 fully saturated rings. The number of hydrogen-bond donors (Lipinski definition) is 1. The van der Waals surface area contributed by atoms with E-state index in [1.165, 1.54) is 6.07 Å². The van der Waals surface area contributed by atoms with Crippen molar-refractivity contribution in [3.05, 3.63) is 23.7 Å². The summed E-state index contributed by atoms with van der Waals surface area (Å²) in [5.41, 5.74) is 0. The Hall–Kier alpha value is -1.33. The Morgan fingerprint density at radius 1 is 1.53 bits per heavy atom. The maximum atomic E-state index is 10.6. The molecule has 96 valence electrons. The van der Waals surface area contributed by atoms with Crippen LogP contribution in [0.5, 0.6) is 0 Å². The standard InChI is InChI=1S/C12H19NO4/c1-9(2)16-7-6-13(3)8-10-4-5-11(17-10)12(14)15/h4-5,9H,6-8H2,1-3H3,(H,14,15). The van der Waals surface area contributed by atoms with Crippen LogP contribution in [0.1, 0.15) is 30.2 Å². The zero-order chi connectivity index (χ0) is 12.8. The molecule has 0 atom stereocenters. The summed E-state index contributed by atoms with van der Waals surface area (Å²) in [7, 11) is 1.94. The Kier molecular flexibility index (Phi) is 5.18. The van der Waals surface area contributed by atoms with Crippen LogP contribution in [0, 0.1) is 0 Å². The summed E-state index contributed by atoms with van der Waals surface area (Å²) in [6.07, 6.45) is 0.227. The molecule has 0 unspecified atom stereocenters. The highest BCUT2D eigenvalue weighted by Crippen LogP contribution is 2.09. The van der Waals surface area contributed by atoms with E-state index in [0.29, 0.717) is 18.9 Å². The number of rotatable bonds is 7. The van der Waals surface area contributed by atoms with E-state index in [1.807, 2.05) is 25.8 Å². The van der Waals surface area contributed by atoms with Crippen LogP contribution >= 0.6 is 0 Å². The Balaban J connectivity index is 2.34. The van der Waals surface area contributed by atoms with E-state index in [4.69, 9.17) is 14.3 Å². The van der Waals surface area contributed by atoms with Gasteiger partial charge in [0.2, 0.25) is 5.76 Å². The highest BCUT2D eigenvalue weighted by Gasteiger charge is 2.10. The van der Waals surface area contributed by atoms with E-state index in [-0.39, 0.29) is 11.9 Å². The SMILES string of the molecule is CC(C)OCCN(C)Cc1ccc(C(=O)O)o1. The van der Waals surface area contributed by atoms with Gasteiger partial charge >= 0.3 is 5.97 Å². The molecule has 1 aromatic rings. The summed E-state index contributed by atoms with van der Waals surface area (Å²) in [4.78, 5) is 12.6. The minimum atomic E-state index is -1.04. The van der Waals surface area contributed by atoms with Gasteiger partial charge in [0.05, 0.1) is 19.3 Å². The van der Waals surface area contributed by atoms with Gasteiger partial charge in [-0.15, -0.1) is 0 Å². The average molecular weight is 241 g/mol. The van der Waals surface area contributed by atoms with Gasteiger partial charge in [0, 0.05) is 6.54 Å². The molecular weight excluding hydrogens is 222 g/mol. The predicted octanol–water partition coefficient (Wildman–Crippen LogP) is 1.83. The van der Waals surface area contributed by atoms with Crippen molar-refractivity contribution in [2.45, 2.75) is 26.5 Å². The summed E-state index contributed by atoms with van der Waals surface area (Å²) < 4.78 is 10.6. The highest BCUT2D eigenvalue weighted by atomic mass is 16.5. The van der Waals surface area contributed by atoms with E-state index in [9.17, 15) is 4.79 Å². The third-order valence-electron chi connectivity index (χ3n) is 2.22. The molecule has 0 aromatic carbocycles. The molecule has 0 aliphatic carbocycles. The van der Waals surface area contributed by atoms with Gasteiger partial charge in [-0.1, -0.05) is 0 Å². The molecule has 0 spiro atoms. The van der Waals surface area contributed by atoms with Crippen LogP contribution in [0.3, 0.4) is 0 Å². The number of furan rings is 1.